The Bertz CT molecular complexity index is 905. The molecule has 5 nitrogen and oxygen atoms in total. The van der Waals surface area contributed by atoms with Crippen molar-refractivity contribution < 1.29 is 4.74 Å². The fourth-order valence-corrected chi connectivity index (χ4v) is 2.72. The summed E-state index contributed by atoms with van der Waals surface area (Å²) in [7, 11) is 4.08. The SMILES string of the molecule is Cc1nc2c(OCc3ccccc3C#N)cccn2c1CN(C)C. The maximum atomic E-state index is 9.18. The Morgan fingerprint density at radius 2 is 2.00 bits per heavy atom. The molecule has 0 amide bonds. The smallest absolute Gasteiger partial charge is 0.180 e. The van der Waals surface area contributed by atoms with Crippen LogP contribution in [0.3, 0.4) is 0 Å². The number of hydrogen-bond donors (Lipinski definition) is 0. The van der Waals surface area contributed by atoms with E-state index < -0.39 is 0 Å². The maximum absolute atomic E-state index is 9.18. The molecule has 1 aromatic carbocycles. The highest BCUT2D eigenvalue weighted by atomic mass is 16.5. The molecular weight excluding hydrogens is 300 g/mol. The van der Waals surface area contributed by atoms with Crippen molar-refractivity contribution in [1.29, 1.82) is 5.26 Å². The van der Waals surface area contributed by atoms with Gasteiger partial charge in [-0.05, 0) is 39.2 Å². The first kappa shape index (κ1) is 16.0. The van der Waals surface area contributed by atoms with E-state index in [9.17, 15) is 5.26 Å². The van der Waals surface area contributed by atoms with Crippen LogP contribution in [0.25, 0.3) is 5.65 Å². The summed E-state index contributed by atoms with van der Waals surface area (Å²) in [5, 5.41) is 9.18. The first-order chi connectivity index (χ1) is 11.6. The molecule has 0 aliphatic carbocycles. The van der Waals surface area contributed by atoms with Gasteiger partial charge in [-0.15, -0.1) is 0 Å². The number of hydrogen-bond acceptors (Lipinski definition) is 4. The molecule has 122 valence electrons. The van der Waals surface area contributed by atoms with Gasteiger partial charge in [0.2, 0.25) is 0 Å². The number of nitriles is 1. The van der Waals surface area contributed by atoms with Gasteiger partial charge < -0.3 is 9.64 Å². The average molecular weight is 320 g/mol. The number of rotatable bonds is 5. The van der Waals surface area contributed by atoms with E-state index in [0.29, 0.717) is 12.2 Å². The number of nitrogens with zero attached hydrogens (tertiary/aromatic N) is 4. The molecule has 0 aliphatic rings. The van der Waals surface area contributed by atoms with E-state index in [0.717, 1.165) is 34.9 Å². The van der Waals surface area contributed by atoms with Crippen LogP contribution in [-0.2, 0) is 13.2 Å². The highest BCUT2D eigenvalue weighted by molar-refractivity contribution is 5.56. The van der Waals surface area contributed by atoms with Crippen molar-refractivity contribution in [3.05, 3.63) is 65.1 Å². The van der Waals surface area contributed by atoms with Crippen molar-refractivity contribution in [2.24, 2.45) is 0 Å². The minimum absolute atomic E-state index is 0.346. The lowest BCUT2D eigenvalue weighted by molar-refractivity contribution is 0.307. The van der Waals surface area contributed by atoms with Gasteiger partial charge in [0.15, 0.2) is 11.4 Å². The number of fused-ring (bicyclic) bond motifs is 1. The molecule has 3 rings (SSSR count). The minimum Gasteiger partial charge on any atom is -0.485 e. The van der Waals surface area contributed by atoms with Crippen LogP contribution in [0, 0.1) is 18.3 Å². The third-order valence-electron chi connectivity index (χ3n) is 3.90. The molecule has 2 aromatic heterocycles. The van der Waals surface area contributed by atoms with E-state index in [1.165, 1.54) is 0 Å². The Kier molecular flexibility index (Phi) is 4.50. The third kappa shape index (κ3) is 3.10. The van der Waals surface area contributed by atoms with Gasteiger partial charge in [0.25, 0.3) is 0 Å². The zero-order valence-electron chi connectivity index (χ0n) is 14.2. The van der Waals surface area contributed by atoms with Crippen LogP contribution in [0.15, 0.2) is 42.6 Å². The van der Waals surface area contributed by atoms with Crippen LogP contribution in [0.4, 0.5) is 0 Å². The molecule has 0 saturated heterocycles. The standard InChI is InChI=1S/C19H20N4O/c1-14-17(12-22(2)3)23-10-6-9-18(19(23)21-14)24-13-16-8-5-4-7-15(16)11-20/h4-10H,12-13H2,1-3H3. The van der Waals surface area contributed by atoms with Crippen LogP contribution in [0.5, 0.6) is 5.75 Å². The summed E-state index contributed by atoms with van der Waals surface area (Å²) in [6, 6.07) is 13.5. The second-order valence-corrected chi connectivity index (χ2v) is 6.01. The molecule has 2 heterocycles. The second kappa shape index (κ2) is 6.73. The largest absolute Gasteiger partial charge is 0.485 e. The quantitative estimate of drug-likeness (QED) is 0.724. The van der Waals surface area contributed by atoms with Gasteiger partial charge >= 0.3 is 0 Å². The van der Waals surface area contributed by atoms with E-state index in [2.05, 4.69) is 20.4 Å². The Labute approximate surface area is 141 Å². The van der Waals surface area contributed by atoms with Gasteiger partial charge in [-0.1, -0.05) is 18.2 Å². The Balaban J connectivity index is 1.92. The first-order valence-corrected chi connectivity index (χ1v) is 7.82. The predicted octanol–water partition coefficient (Wildman–Crippen LogP) is 3.16. The average Bonchev–Trinajstić information content (AvgIpc) is 2.89. The number of ether oxygens (including phenoxy) is 1. The Morgan fingerprint density at radius 3 is 2.75 bits per heavy atom. The molecule has 0 atom stereocenters. The summed E-state index contributed by atoms with van der Waals surface area (Å²) in [6.45, 7) is 3.17. The van der Waals surface area contributed by atoms with Crippen molar-refractivity contribution >= 4 is 5.65 Å². The van der Waals surface area contributed by atoms with Crippen molar-refractivity contribution in [2.45, 2.75) is 20.1 Å². The molecule has 0 spiro atoms. The molecule has 0 saturated carbocycles. The Morgan fingerprint density at radius 1 is 1.21 bits per heavy atom. The monoisotopic (exact) mass is 320 g/mol. The van der Waals surface area contributed by atoms with Crippen LogP contribution < -0.4 is 4.74 Å². The molecule has 0 radical (unpaired) electrons. The molecule has 24 heavy (non-hydrogen) atoms. The summed E-state index contributed by atoms with van der Waals surface area (Å²) in [5.74, 6) is 0.721. The number of pyridine rings is 1. The lowest BCUT2D eigenvalue weighted by Crippen LogP contribution is -2.13. The van der Waals surface area contributed by atoms with Gasteiger partial charge in [0.05, 0.1) is 23.0 Å². The second-order valence-electron chi connectivity index (χ2n) is 6.01. The van der Waals surface area contributed by atoms with E-state index >= 15 is 0 Å². The predicted molar refractivity (Wildman–Crippen MR) is 92.8 cm³/mol. The fraction of sp³-hybridized carbons (Fsp3) is 0.263. The summed E-state index contributed by atoms with van der Waals surface area (Å²) in [4.78, 5) is 6.79. The molecular formula is C19H20N4O. The zero-order valence-corrected chi connectivity index (χ0v) is 14.2. The molecule has 0 N–H and O–H groups in total. The zero-order chi connectivity index (χ0) is 17.1. The van der Waals surface area contributed by atoms with E-state index in [4.69, 9.17) is 4.74 Å². The van der Waals surface area contributed by atoms with Gasteiger partial charge in [0.1, 0.15) is 6.61 Å². The van der Waals surface area contributed by atoms with E-state index in [1.54, 1.807) is 6.07 Å². The van der Waals surface area contributed by atoms with Crippen LogP contribution >= 0.6 is 0 Å². The summed E-state index contributed by atoms with van der Waals surface area (Å²) in [5.41, 5.74) is 4.47. The topological polar surface area (TPSA) is 53.6 Å². The minimum atomic E-state index is 0.346. The van der Waals surface area contributed by atoms with Crippen LogP contribution in [-0.4, -0.2) is 28.4 Å². The number of benzene rings is 1. The van der Waals surface area contributed by atoms with Gasteiger partial charge in [0, 0.05) is 18.3 Å². The van der Waals surface area contributed by atoms with Crippen molar-refractivity contribution in [1.82, 2.24) is 14.3 Å². The van der Waals surface area contributed by atoms with Gasteiger partial charge in [-0.2, -0.15) is 5.26 Å². The molecule has 5 heteroatoms. The number of imidazole rings is 1. The summed E-state index contributed by atoms with van der Waals surface area (Å²) < 4.78 is 8.04. The molecule has 0 unspecified atom stereocenters. The highest BCUT2D eigenvalue weighted by Crippen LogP contribution is 2.24. The Hall–Kier alpha value is -2.84. The molecule has 3 aromatic rings. The van der Waals surface area contributed by atoms with Crippen molar-refractivity contribution in [3.8, 4) is 11.8 Å². The summed E-state index contributed by atoms with van der Waals surface area (Å²) in [6.07, 6.45) is 2.00. The first-order valence-electron chi connectivity index (χ1n) is 7.82. The lowest BCUT2D eigenvalue weighted by Gasteiger charge is -2.11. The summed E-state index contributed by atoms with van der Waals surface area (Å²) >= 11 is 0. The molecule has 0 aliphatic heterocycles. The highest BCUT2D eigenvalue weighted by Gasteiger charge is 2.13. The maximum Gasteiger partial charge on any atom is 0.180 e. The van der Waals surface area contributed by atoms with Crippen LogP contribution in [0.2, 0.25) is 0 Å². The van der Waals surface area contributed by atoms with Crippen molar-refractivity contribution in [2.75, 3.05) is 14.1 Å². The fourth-order valence-electron chi connectivity index (χ4n) is 2.72. The van der Waals surface area contributed by atoms with Gasteiger partial charge in [-0.3, -0.25) is 4.40 Å². The lowest BCUT2D eigenvalue weighted by atomic mass is 10.1. The number of aromatic nitrogens is 2. The number of aryl methyl sites for hydroxylation is 1. The van der Waals surface area contributed by atoms with E-state index in [1.807, 2.05) is 57.5 Å². The molecule has 0 bridgehead atoms. The molecule has 0 fully saturated rings. The normalized spacial score (nSPS) is 11.0. The van der Waals surface area contributed by atoms with E-state index in [-0.39, 0.29) is 0 Å². The third-order valence-corrected chi connectivity index (χ3v) is 3.90. The van der Waals surface area contributed by atoms with Crippen LogP contribution in [0.1, 0.15) is 22.5 Å². The van der Waals surface area contributed by atoms with Crippen molar-refractivity contribution in [3.63, 3.8) is 0 Å². The van der Waals surface area contributed by atoms with Gasteiger partial charge in [-0.25, -0.2) is 4.98 Å².